The van der Waals surface area contributed by atoms with E-state index in [4.69, 9.17) is 5.11 Å². The van der Waals surface area contributed by atoms with Crippen molar-refractivity contribution in [2.24, 2.45) is 0 Å². The molecule has 0 bridgehead atoms. The molecule has 0 aliphatic heterocycles. The number of carboxylic acid groups (broad SMARTS) is 1. The first-order chi connectivity index (χ1) is 5.61. The van der Waals surface area contributed by atoms with Crippen LogP contribution in [0, 0.1) is 0 Å². The zero-order valence-corrected chi connectivity index (χ0v) is 8.99. The van der Waals surface area contributed by atoms with E-state index in [0.29, 0.717) is 5.56 Å². The van der Waals surface area contributed by atoms with Crippen LogP contribution in [0.25, 0.3) is 0 Å². The number of hydrogen-bond acceptors (Lipinski definition) is 1. The summed E-state index contributed by atoms with van der Waals surface area (Å²) < 4.78 is 1.31. The molecular formula is C9H11AsO2. The van der Waals surface area contributed by atoms with Gasteiger partial charge in [0.2, 0.25) is 0 Å². The molecule has 0 aliphatic carbocycles. The molecule has 0 aromatic heterocycles. The Hall–Kier alpha value is -0.752. The normalized spacial score (nSPS) is 10.2. The molecule has 0 heterocycles. The summed E-state index contributed by atoms with van der Waals surface area (Å²) >= 11 is -0.835. The summed E-state index contributed by atoms with van der Waals surface area (Å²) in [6, 6.07) is 7.19. The maximum absolute atomic E-state index is 10.5. The zero-order chi connectivity index (χ0) is 9.14. The Labute approximate surface area is 76.5 Å². The van der Waals surface area contributed by atoms with Crippen molar-refractivity contribution >= 4 is 25.0 Å². The van der Waals surface area contributed by atoms with E-state index in [1.165, 1.54) is 4.35 Å². The first-order valence-corrected chi connectivity index (χ1v) is 8.31. The van der Waals surface area contributed by atoms with E-state index in [2.05, 4.69) is 11.4 Å². The minimum atomic E-state index is -0.854. The fraction of sp³-hybridized carbons (Fsp3) is 0.222. The fourth-order valence-corrected chi connectivity index (χ4v) is 2.47. The molecule has 1 N–H and O–H groups in total. The molecule has 0 saturated carbocycles. The zero-order valence-electron chi connectivity index (χ0n) is 7.11. The van der Waals surface area contributed by atoms with E-state index in [0.717, 1.165) is 0 Å². The molecule has 1 aromatic carbocycles. The third-order valence-electron chi connectivity index (χ3n) is 1.63. The van der Waals surface area contributed by atoms with Crippen molar-refractivity contribution in [3.63, 3.8) is 0 Å². The van der Waals surface area contributed by atoms with Crippen molar-refractivity contribution < 1.29 is 9.90 Å². The third-order valence-corrected chi connectivity index (χ3v) is 4.42. The molecule has 0 atom stereocenters. The molecule has 0 unspecified atom stereocenters. The van der Waals surface area contributed by atoms with Crippen molar-refractivity contribution in [1.29, 1.82) is 0 Å². The van der Waals surface area contributed by atoms with Gasteiger partial charge >= 0.3 is 76.1 Å². The van der Waals surface area contributed by atoms with E-state index in [-0.39, 0.29) is 0 Å². The van der Waals surface area contributed by atoms with Gasteiger partial charge in [0.1, 0.15) is 0 Å². The Morgan fingerprint density at radius 2 is 1.75 bits per heavy atom. The van der Waals surface area contributed by atoms with Crippen molar-refractivity contribution in [3.05, 3.63) is 29.8 Å². The van der Waals surface area contributed by atoms with Gasteiger partial charge in [0, 0.05) is 0 Å². The molecule has 1 aromatic rings. The maximum atomic E-state index is 10.5. The van der Waals surface area contributed by atoms with Gasteiger partial charge in [0.05, 0.1) is 0 Å². The van der Waals surface area contributed by atoms with Gasteiger partial charge in [0.15, 0.2) is 0 Å². The molecule has 3 heteroatoms. The topological polar surface area (TPSA) is 37.3 Å². The van der Waals surface area contributed by atoms with Crippen LogP contribution in [-0.2, 0) is 0 Å². The predicted octanol–water partition coefficient (Wildman–Crippen LogP) is 1.35. The van der Waals surface area contributed by atoms with Crippen LogP contribution in [0.4, 0.5) is 0 Å². The molecule has 64 valence electrons. The standard InChI is InChI=1S/C9H11AsO2/c1-10(2)8-5-3-7(4-6-8)9(11)12/h3-6H,1-2H3,(H,11,12). The van der Waals surface area contributed by atoms with Crippen LogP contribution in [0.2, 0.25) is 11.4 Å². The second kappa shape index (κ2) is 3.77. The summed E-state index contributed by atoms with van der Waals surface area (Å²) in [5.41, 5.74) is 4.82. The van der Waals surface area contributed by atoms with Gasteiger partial charge in [-0.3, -0.25) is 0 Å². The summed E-state index contributed by atoms with van der Waals surface area (Å²) in [5.74, 6) is -0.854. The minimum absolute atomic E-state index is 0.370. The average molecular weight is 226 g/mol. The first kappa shape index (κ1) is 9.34. The van der Waals surface area contributed by atoms with Crippen molar-refractivity contribution in [1.82, 2.24) is 0 Å². The van der Waals surface area contributed by atoms with E-state index >= 15 is 0 Å². The molecule has 1 rings (SSSR count). The van der Waals surface area contributed by atoms with Crippen molar-refractivity contribution in [3.8, 4) is 0 Å². The van der Waals surface area contributed by atoms with Gasteiger partial charge in [-0.2, -0.15) is 0 Å². The van der Waals surface area contributed by atoms with Gasteiger partial charge < -0.3 is 0 Å². The Bertz CT molecular complexity index is 277. The second-order valence-corrected chi connectivity index (χ2v) is 7.58. The van der Waals surface area contributed by atoms with E-state index in [9.17, 15) is 4.79 Å². The molecule has 12 heavy (non-hydrogen) atoms. The molecule has 0 radical (unpaired) electrons. The van der Waals surface area contributed by atoms with E-state index < -0.39 is 20.6 Å². The van der Waals surface area contributed by atoms with Crippen LogP contribution >= 0.6 is 0 Å². The van der Waals surface area contributed by atoms with Crippen molar-refractivity contribution in [2.75, 3.05) is 0 Å². The average Bonchev–Trinajstić information content (AvgIpc) is 2.04. The number of rotatable bonds is 2. The summed E-state index contributed by atoms with van der Waals surface area (Å²) in [7, 11) is 0. The van der Waals surface area contributed by atoms with Crippen LogP contribution in [0.3, 0.4) is 0 Å². The number of benzene rings is 1. The molecule has 0 fully saturated rings. The first-order valence-electron chi connectivity index (χ1n) is 3.62. The molecule has 2 nitrogen and oxygen atoms in total. The van der Waals surface area contributed by atoms with Gasteiger partial charge in [0.25, 0.3) is 0 Å². The van der Waals surface area contributed by atoms with Crippen LogP contribution in [-0.4, -0.2) is 25.7 Å². The Balaban J connectivity index is 2.93. The van der Waals surface area contributed by atoms with Crippen LogP contribution in [0.1, 0.15) is 10.4 Å². The van der Waals surface area contributed by atoms with Crippen LogP contribution in [0.5, 0.6) is 0 Å². The van der Waals surface area contributed by atoms with E-state index in [1.54, 1.807) is 12.1 Å². The third kappa shape index (κ3) is 2.12. The van der Waals surface area contributed by atoms with Gasteiger partial charge in [-0.25, -0.2) is 0 Å². The molecule has 0 spiro atoms. The monoisotopic (exact) mass is 226 g/mol. The van der Waals surface area contributed by atoms with Gasteiger partial charge in [-0.15, -0.1) is 0 Å². The Morgan fingerprint density at radius 1 is 1.25 bits per heavy atom. The summed E-state index contributed by atoms with van der Waals surface area (Å²) in [5, 5.41) is 8.63. The van der Waals surface area contributed by atoms with Gasteiger partial charge in [-0.1, -0.05) is 0 Å². The fourth-order valence-electron chi connectivity index (χ4n) is 0.902. The predicted molar refractivity (Wildman–Crippen MR) is 50.5 cm³/mol. The van der Waals surface area contributed by atoms with Crippen molar-refractivity contribution in [2.45, 2.75) is 11.4 Å². The van der Waals surface area contributed by atoms with E-state index in [1.807, 2.05) is 12.1 Å². The molecular weight excluding hydrogens is 215 g/mol. The molecule has 0 saturated heterocycles. The Morgan fingerprint density at radius 3 is 2.08 bits per heavy atom. The summed E-state index contributed by atoms with van der Waals surface area (Å²) in [6.45, 7) is 0. The quantitative estimate of drug-likeness (QED) is 0.773. The summed E-state index contributed by atoms with van der Waals surface area (Å²) in [6.07, 6.45) is 0. The Kier molecular flexibility index (Phi) is 2.93. The summed E-state index contributed by atoms with van der Waals surface area (Å²) in [4.78, 5) is 10.5. The number of hydrogen-bond donors (Lipinski definition) is 1. The second-order valence-electron chi connectivity index (χ2n) is 2.75. The number of carbonyl (C=O) groups is 1. The van der Waals surface area contributed by atoms with Crippen LogP contribution < -0.4 is 4.35 Å². The van der Waals surface area contributed by atoms with Gasteiger partial charge in [-0.05, 0) is 0 Å². The number of aromatic carboxylic acids is 1. The molecule has 0 amide bonds. The SMILES string of the molecule is C[As](C)c1ccc(C(=O)O)cc1. The number of carboxylic acids is 1. The molecule has 0 aliphatic rings. The van der Waals surface area contributed by atoms with Crippen LogP contribution in [0.15, 0.2) is 24.3 Å².